The molecule has 0 radical (unpaired) electrons. The summed E-state index contributed by atoms with van der Waals surface area (Å²) in [5, 5.41) is 2.19. The number of nitrogens with zero attached hydrogens (tertiary/aromatic N) is 1. The molecule has 0 aliphatic carbocycles. The van der Waals surface area contributed by atoms with Crippen LogP contribution in [0.15, 0.2) is 18.2 Å². The number of hydrogen-bond acceptors (Lipinski definition) is 5. The number of ether oxygens (including phenoxy) is 1. The van der Waals surface area contributed by atoms with E-state index in [-0.39, 0.29) is 12.1 Å². The third kappa shape index (κ3) is 3.13. The number of piperazine rings is 1. The number of hydrogen-bond donors (Lipinski definition) is 2. The SMILES string of the molecule is CCOc1cc(N)cc(C(=O)N2CC(=O)NC(=O)C2C)c1. The zero-order valence-electron chi connectivity index (χ0n) is 11.9. The molecule has 1 aliphatic rings. The van der Waals surface area contributed by atoms with Crippen molar-refractivity contribution >= 4 is 23.4 Å². The summed E-state index contributed by atoms with van der Waals surface area (Å²) in [5.74, 6) is -0.950. The average Bonchev–Trinajstić information content (AvgIpc) is 2.41. The molecule has 1 aliphatic heterocycles. The molecule has 112 valence electrons. The van der Waals surface area contributed by atoms with Gasteiger partial charge in [0.1, 0.15) is 18.3 Å². The van der Waals surface area contributed by atoms with Crippen LogP contribution in [0.4, 0.5) is 5.69 Å². The van der Waals surface area contributed by atoms with Gasteiger partial charge < -0.3 is 15.4 Å². The van der Waals surface area contributed by atoms with Crippen LogP contribution < -0.4 is 15.8 Å². The summed E-state index contributed by atoms with van der Waals surface area (Å²) in [6.45, 7) is 3.67. The van der Waals surface area contributed by atoms with Crippen molar-refractivity contribution in [2.75, 3.05) is 18.9 Å². The van der Waals surface area contributed by atoms with E-state index in [1.54, 1.807) is 19.1 Å². The van der Waals surface area contributed by atoms with Gasteiger partial charge in [-0.05, 0) is 26.0 Å². The molecule has 0 bridgehead atoms. The monoisotopic (exact) mass is 291 g/mol. The molecule has 2 rings (SSSR count). The molecule has 0 aromatic heterocycles. The maximum absolute atomic E-state index is 12.5. The fraction of sp³-hybridized carbons (Fsp3) is 0.357. The van der Waals surface area contributed by atoms with E-state index in [4.69, 9.17) is 10.5 Å². The second-order valence-electron chi connectivity index (χ2n) is 4.75. The lowest BCUT2D eigenvalue weighted by Gasteiger charge is -2.31. The number of nitrogens with two attached hydrogens (primary N) is 1. The van der Waals surface area contributed by atoms with Crippen molar-refractivity contribution in [2.24, 2.45) is 0 Å². The summed E-state index contributed by atoms with van der Waals surface area (Å²) in [4.78, 5) is 36.7. The molecule has 3 amide bonds. The van der Waals surface area contributed by atoms with Crippen molar-refractivity contribution in [1.82, 2.24) is 10.2 Å². The van der Waals surface area contributed by atoms with Gasteiger partial charge in [0.15, 0.2) is 0 Å². The van der Waals surface area contributed by atoms with E-state index in [0.29, 0.717) is 18.0 Å². The molecule has 1 unspecified atom stereocenters. The van der Waals surface area contributed by atoms with Gasteiger partial charge in [-0.2, -0.15) is 0 Å². The van der Waals surface area contributed by atoms with Gasteiger partial charge >= 0.3 is 0 Å². The minimum Gasteiger partial charge on any atom is -0.494 e. The van der Waals surface area contributed by atoms with E-state index in [1.165, 1.54) is 11.0 Å². The van der Waals surface area contributed by atoms with Crippen molar-refractivity contribution in [3.63, 3.8) is 0 Å². The van der Waals surface area contributed by atoms with E-state index in [9.17, 15) is 14.4 Å². The summed E-state index contributed by atoms with van der Waals surface area (Å²) in [6, 6.07) is 3.94. The Morgan fingerprint density at radius 2 is 2.14 bits per heavy atom. The Morgan fingerprint density at radius 3 is 2.81 bits per heavy atom. The molecular formula is C14H17N3O4. The maximum Gasteiger partial charge on any atom is 0.255 e. The summed E-state index contributed by atoms with van der Waals surface area (Å²) < 4.78 is 5.34. The number of benzene rings is 1. The van der Waals surface area contributed by atoms with E-state index >= 15 is 0 Å². The molecule has 7 nitrogen and oxygen atoms in total. The fourth-order valence-electron chi connectivity index (χ4n) is 2.12. The van der Waals surface area contributed by atoms with Crippen molar-refractivity contribution in [3.8, 4) is 5.75 Å². The predicted octanol–water partition coefficient (Wildman–Crippen LogP) is 0.155. The van der Waals surface area contributed by atoms with Crippen molar-refractivity contribution in [2.45, 2.75) is 19.9 Å². The molecule has 0 spiro atoms. The predicted molar refractivity (Wildman–Crippen MR) is 75.7 cm³/mol. The second-order valence-corrected chi connectivity index (χ2v) is 4.75. The number of rotatable bonds is 3. The van der Waals surface area contributed by atoms with Crippen molar-refractivity contribution in [1.29, 1.82) is 0 Å². The highest BCUT2D eigenvalue weighted by Crippen LogP contribution is 2.21. The molecule has 1 aromatic rings. The Balaban J connectivity index is 2.30. The zero-order valence-corrected chi connectivity index (χ0v) is 11.9. The Bertz CT molecular complexity index is 600. The van der Waals surface area contributed by atoms with Gasteiger partial charge in [0.05, 0.1) is 6.61 Å². The summed E-state index contributed by atoms with van der Waals surface area (Å²) in [5.41, 5.74) is 6.41. The lowest BCUT2D eigenvalue weighted by molar-refractivity contribution is -0.138. The van der Waals surface area contributed by atoms with Crippen LogP contribution in [0.25, 0.3) is 0 Å². The normalized spacial score (nSPS) is 18.4. The molecule has 3 N–H and O–H groups in total. The second kappa shape index (κ2) is 5.82. The van der Waals surface area contributed by atoms with Gasteiger partial charge in [-0.1, -0.05) is 0 Å². The molecule has 21 heavy (non-hydrogen) atoms. The number of carbonyl (C=O) groups is 3. The first-order valence-corrected chi connectivity index (χ1v) is 6.60. The lowest BCUT2D eigenvalue weighted by Crippen LogP contribution is -2.58. The topological polar surface area (TPSA) is 102 Å². The highest BCUT2D eigenvalue weighted by atomic mass is 16.5. The molecular weight excluding hydrogens is 274 g/mol. The Labute approximate surface area is 122 Å². The number of amides is 3. The van der Waals surface area contributed by atoms with Gasteiger partial charge in [-0.3, -0.25) is 19.7 Å². The highest BCUT2D eigenvalue weighted by Gasteiger charge is 2.34. The smallest absolute Gasteiger partial charge is 0.255 e. The first kappa shape index (κ1) is 14.8. The number of nitrogens with one attached hydrogen (secondary N) is 1. The molecule has 1 fully saturated rings. The van der Waals surface area contributed by atoms with Crippen LogP contribution in [0.1, 0.15) is 24.2 Å². The number of imide groups is 1. The van der Waals surface area contributed by atoms with Crippen LogP contribution in [0.5, 0.6) is 5.75 Å². The highest BCUT2D eigenvalue weighted by molar-refractivity contribution is 6.07. The van der Waals surface area contributed by atoms with Crippen LogP contribution in [-0.2, 0) is 9.59 Å². The van der Waals surface area contributed by atoms with E-state index in [1.807, 2.05) is 6.92 Å². The van der Waals surface area contributed by atoms with E-state index in [0.717, 1.165) is 0 Å². The fourth-order valence-corrected chi connectivity index (χ4v) is 2.12. The quantitative estimate of drug-likeness (QED) is 0.610. The molecule has 1 atom stereocenters. The number of anilines is 1. The van der Waals surface area contributed by atoms with Gasteiger partial charge in [0.25, 0.3) is 5.91 Å². The van der Waals surface area contributed by atoms with Crippen LogP contribution in [0.3, 0.4) is 0 Å². The minimum atomic E-state index is -0.716. The minimum absolute atomic E-state index is 0.162. The molecule has 1 aromatic carbocycles. The van der Waals surface area contributed by atoms with Crippen LogP contribution in [-0.4, -0.2) is 41.8 Å². The molecule has 0 saturated carbocycles. The molecule has 1 saturated heterocycles. The zero-order chi connectivity index (χ0) is 15.6. The van der Waals surface area contributed by atoms with Crippen molar-refractivity contribution < 1.29 is 19.1 Å². The maximum atomic E-state index is 12.5. The Morgan fingerprint density at radius 1 is 1.43 bits per heavy atom. The average molecular weight is 291 g/mol. The Kier molecular flexibility index (Phi) is 4.11. The number of carbonyl (C=O) groups excluding carboxylic acids is 3. The Hall–Kier alpha value is -2.57. The van der Waals surface area contributed by atoms with Crippen LogP contribution >= 0.6 is 0 Å². The first-order chi connectivity index (χ1) is 9.92. The molecule has 1 heterocycles. The van der Waals surface area contributed by atoms with E-state index < -0.39 is 23.8 Å². The van der Waals surface area contributed by atoms with Gasteiger partial charge in [-0.25, -0.2) is 0 Å². The van der Waals surface area contributed by atoms with Gasteiger partial charge in [0, 0.05) is 17.3 Å². The number of nitrogen functional groups attached to an aromatic ring is 1. The van der Waals surface area contributed by atoms with Gasteiger partial charge in [-0.15, -0.1) is 0 Å². The van der Waals surface area contributed by atoms with Crippen LogP contribution in [0, 0.1) is 0 Å². The lowest BCUT2D eigenvalue weighted by atomic mass is 10.1. The summed E-state index contributed by atoms with van der Waals surface area (Å²) in [6.07, 6.45) is 0. The third-order valence-corrected chi connectivity index (χ3v) is 3.17. The van der Waals surface area contributed by atoms with Crippen LogP contribution in [0.2, 0.25) is 0 Å². The van der Waals surface area contributed by atoms with E-state index in [2.05, 4.69) is 5.32 Å². The molecule has 7 heteroatoms. The third-order valence-electron chi connectivity index (χ3n) is 3.17. The summed E-state index contributed by atoms with van der Waals surface area (Å²) in [7, 11) is 0. The largest absolute Gasteiger partial charge is 0.494 e. The van der Waals surface area contributed by atoms with Gasteiger partial charge in [0.2, 0.25) is 11.8 Å². The van der Waals surface area contributed by atoms with Crippen molar-refractivity contribution in [3.05, 3.63) is 23.8 Å². The standard InChI is InChI=1S/C14H17N3O4/c1-3-21-11-5-9(4-10(15)6-11)14(20)17-7-12(18)16-13(19)8(17)2/h4-6,8H,3,7,15H2,1-2H3,(H,16,18,19). The first-order valence-electron chi connectivity index (χ1n) is 6.60. The summed E-state index contributed by atoms with van der Waals surface area (Å²) >= 11 is 0.